The molecule has 0 aromatic heterocycles. The first-order valence-corrected chi connectivity index (χ1v) is 13.1. The van der Waals surface area contributed by atoms with Crippen molar-refractivity contribution in [1.29, 1.82) is 0 Å². The Morgan fingerprint density at radius 2 is 1.70 bits per heavy atom. The van der Waals surface area contributed by atoms with E-state index in [0.717, 1.165) is 60.7 Å². The van der Waals surface area contributed by atoms with E-state index in [9.17, 15) is 9.59 Å². The van der Waals surface area contributed by atoms with Crippen LogP contribution >= 0.6 is 0 Å². The van der Waals surface area contributed by atoms with E-state index in [-0.39, 0.29) is 24.4 Å². The Hall–Kier alpha value is -4.00. The summed E-state index contributed by atoms with van der Waals surface area (Å²) < 4.78 is 11.6. The molecule has 3 aromatic carbocycles. The Balaban J connectivity index is 1.08. The molecule has 1 saturated heterocycles. The lowest BCUT2D eigenvalue weighted by Gasteiger charge is -2.26. The molecule has 0 spiro atoms. The number of fused-ring (bicyclic) bond motifs is 2. The smallest absolute Gasteiger partial charge is 0.258 e. The predicted octanol–water partition coefficient (Wildman–Crippen LogP) is 4.83. The van der Waals surface area contributed by atoms with Gasteiger partial charge in [0, 0.05) is 36.4 Å². The molecule has 6 rings (SSSR count). The molecule has 0 aliphatic carbocycles. The molecule has 2 amide bonds. The molecule has 7 heteroatoms. The molecule has 0 bridgehead atoms. The largest absolute Gasteiger partial charge is 0.490 e. The number of para-hydroxylation sites is 1. The molecule has 1 fully saturated rings. The first-order chi connectivity index (χ1) is 18.2. The fraction of sp³-hybridized carbons (Fsp3) is 0.333. The van der Waals surface area contributed by atoms with Crippen LogP contribution in [0.15, 0.2) is 66.7 Å². The highest BCUT2D eigenvalue weighted by molar-refractivity contribution is 6.07. The van der Waals surface area contributed by atoms with Crippen molar-refractivity contribution < 1.29 is 19.1 Å². The average molecular weight is 498 g/mol. The lowest BCUT2D eigenvalue weighted by Crippen LogP contribution is -2.35. The number of hydrogen-bond acceptors (Lipinski definition) is 5. The molecule has 3 heterocycles. The Morgan fingerprint density at radius 1 is 0.892 bits per heavy atom. The number of ether oxygens (including phenoxy) is 2. The van der Waals surface area contributed by atoms with E-state index in [4.69, 9.17) is 9.47 Å². The number of benzene rings is 3. The van der Waals surface area contributed by atoms with Crippen molar-refractivity contribution in [2.75, 3.05) is 43.1 Å². The number of amides is 2. The van der Waals surface area contributed by atoms with Gasteiger partial charge >= 0.3 is 0 Å². The van der Waals surface area contributed by atoms with Crippen molar-refractivity contribution in [3.63, 3.8) is 0 Å². The Morgan fingerprint density at radius 3 is 2.57 bits per heavy atom. The maximum absolute atomic E-state index is 13.2. The van der Waals surface area contributed by atoms with Gasteiger partial charge in [0.15, 0.2) is 11.5 Å². The summed E-state index contributed by atoms with van der Waals surface area (Å²) in [5.74, 6) is 1.60. The van der Waals surface area contributed by atoms with Gasteiger partial charge in [-0.25, -0.2) is 0 Å². The quantitative estimate of drug-likeness (QED) is 0.547. The number of rotatable bonds is 5. The molecule has 3 aliphatic heterocycles. The zero-order chi connectivity index (χ0) is 25.2. The average Bonchev–Trinajstić information content (AvgIpc) is 3.53. The standard InChI is InChI=1S/C30H31N3O4/c34-29(32-15-3-7-26(32)23-10-13-27-28(19-23)37-18-4-17-36-27)20-31-24-11-8-22(9-12-24)30(35)33-16-14-21-5-1-2-6-25(21)33/h1-2,5-6,8-13,19,26,31H,3-4,7,14-18,20H2. The summed E-state index contributed by atoms with van der Waals surface area (Å²) in [7, 11) is 0. The third kappa shape index (κ3) is 4.73. The molecular formula is C30H31N3O4. The van der Waals surface area contributed by atoms with Crippen LogP contribution in [0.3, 0.4) is 0 Å². The van der Waals surface area contributed by atoms with Gasteiger partial charge in [0.25, 0.3) is 5.91 Å². The molecule has 7 nitrogen and oxygen atoms in total. The van der Waals surface area contributed by atoms with Crippen molar-refractivity contribution in [3.05, 3.63) is 83.4 Å². The second-order valence-electron chi connectivity index (χ2n) is 9.77. The van der Waals surface area contributed by atoms with Gasteiger partial charge in [-0.15, -0.1) is 0 Å². The monoisotopic (exact) mass is 497 g/mol. The van der Waals surface area contributed by atoms with E-state index in [1.54, 1.807) is 0 Å². The molecule has 0 saturated carbocycles. The van der Waals surface area contributed by atoms with Gasteiger partial charge in [0.05, 0.1) is 25.8 Å². The summed E-state index contributed by atoms with van der Waals surface area (Å²) in [6, 6.07) is 21.5. The van der Waals surface area contributed by atoms with Gasteiger partial charge in [0.1, 0.15) is 0 Å². The highest BCUT2D eigenvalue weighted by Crippen LogP contribution is 2.38. The minimum absolute atomic E-state index is 0.00242. The highest BCUT2D eigenvalue weighted by Gasteiger charge is 2.31. The van der Waals surface area contributed by atoms with Crippen molar-refractivity contribution in [3.8, 4) is 11.5 Å². The van der Waals surface area contributed by atoms with E-state index in [1.807, 2.05) is 70.5 Å². The topological polar surface area (TPSA) is 71.1 Å². The number of hydrogen-bond donors (Lipinski definition) is 1. The van der Waals surface area contributed by atoms with Crippen LogP contribution < -0.4 is 19.7 Å². The molecule has 1 atom stereocenters. The van der Waals surface area contributed by atoms with Gasteiger partial charge in [0.2, 0.25) is 5.91 Å². The van der Waals surface area contributed by atoms with Crippen LogP contribution in [-0.4, -0.2) is 49.6 Å². The summed E-state index contributed by atoms with van der Waals surface area (Å²) in [5, 5.41) is 3.24. The molecule has 1 unspecified atom stereocenters. The SMILES string of the molecule is O=C(c1ccc(NCC(=O)N2CCCC2c2ccc3c(c2)OCCCO3)cc1)N1CCc2ccccc21. The third-order valence-corrected chi connectivity index (χ3v) is 7.44. The van der Waals surface area contributed by atoms with E-state index in [1.165, 1.54) is 5.56 Å². The molecule has 1 N–H and O–H groups in total. The number of carbonyl (C=O) groups is 2. The van der Waals surface area contributed by atoms with Crippen LogP contribution in [-0.2, 0) is 11.2 Å². The van der Waals surface area contributed by atoms with E-state index in [0.29, 0.717) is 25.3 Å². The van der Waals surface area contributed by atoms with Crippen molar-refractivity contribution >= 4 is 23.2 Å². The predicted molar refractivity (Wildman–Crippen MR) is 142 cm³/mol. The number of anilines is 2. The zero-order valence-corrected chi connectivity index (χ0v) is 20.8. The molecular weight excluding hydrogens is 466 g/mol. The molecule has 3 aliphatic rings. The van der Waals surface area contributed by atoms with Gasteiger partial charge in [-0.2, -0.15) is 0 Å². The second-order valence-corrected chi connectivity index (χ2v) is 9.77. The van der Waals surface area contributed by atoms with Crippen LogP contribution in [0.25, 0.3) is 0 Å². The van der Waals surface area contributed by atoms with E-state index in [2.05, 4.69) is 11.4 Å². The van der Waals surface area contributed by atoms with Crippen LogP contribution in [0.1, 0.15) is 46.8 Å². The van der Waals surface area contributed by atoms with E-state index < -0.39 is 0 Å². The molecule has 3 aromatic rings. The summed E-state index contributed by atoms with van der Waals surface area (Å²) >= 11 is 0. The third-order valence-electron chi connectivity index (χ3n) is 7.44. The summed E-state index contributed by atoms with van der Waals surface area (Å²) in [4.78, 5) is 30.0. The lowest BCUT2D eigenvalue weighted by molar-refractivity contribution is -0.130. The summed E-state index contributed by atoms with van der Waals surface area (Å²) in [6.07, 6.45) is 3.65. The minimum atomic E-state index is 0.00242. The molecule has 0 radical (unpaired) electrons. The minimum Gasteiger partial charge on any atom is -0.490 e. The number of carbonyl (C=O) groups excluding carboxylic acids is 2. The number of likely N-dealkylation sites (tertiary alicyclic amines) is 1. The summed E-state index contributed by atoms with van der Waals surface area (Å²) in [5.41, 5.74) is 4.75. The lowest BCUT2D eigenvalue weighted by atomic mass is 10.0. The number of nitrogens with zero attached hydrogens (tertiary/aromatic N) is 2. The van der Waals surface area contributed by atoms with Gasteiger partial charge in [-0.1, -0.05) is 24.3 Å². The van der Waals surface area contributed by atoms with Crippen LogP contribution in [0.2, 0.25) is 0 Å². The van der Waals surface area contributed by atoms with E-state index >= 15 is 0 Å². The second kappa shape index (κ2) is 10.2. The maximum Gasteiger partial charge on any atom is 0.258 e. The Bertz CT molecular complexity index is 1310. The zero-order valence-electron chi connectivity index (χ0n) is 20.8. The van der Waals surface area contributed by atoms with Gasteiger partial charge in [-0.3, -0.25) is 9.59 Å². The van der Waals surface area contributed by atoms with Crippen LogP contribution in [0.4, 0.5) is 11.4 Å². The van der Waals surface area contributed by atoms with Crippen molar-refractivity contribution in [1.82, 2.24) is 4.90 Å². The van der Waals surface area contributed by atoms with Gasteiger partial charge < -0.3 is 24.6 Å². The van der Waals surface area contributed by atoms with Crippen LogP contribution in [0, 0.1) is 0 Å². The Labute approximate surface area is 217 Å². The first-order valence-electron chi connectivity index (χ1n) is 13.1. The van der Waals surface area contributed by atoms with Crippen molar-refractivity contribution in [2.24, 2.45) is 0 Å². The fourth-order valence-electron chi connectivity index (χ4n) is 5.51. The van der Waals surface area contributed by atoms with Crippen LogP contribution in [0.5, 0.6) is 11.5 Å². The molecule has 37 heavy (non-hydrogen) atoms. The highest BCUT2D eigenvalue weighted by atomic mass is 16.5. The molecule has 190 valence electrons. The maximum atomic E-state index is 13.2. The normalized spacial score (nSPS) is 18.3. The first kappa shape index (κ1) is 23.4. The number of nitrogens with one attached hydrogen (secondary N) is 1. The van der Waals surface area contributed by atoms with Crippen molar-refractivity contribution in [2.45, 2.75) is 31.7 Å². The summed E-state index contributed by atoms with van der Waals surface area (Å²) in [6.45, 7) is 2.95. The Kier molecular flexibility index (Phi) is 6.43. The van der Waals surface area contributed by atoms with Gasteiger partial charge in [-0.05, 0) is 72.9 Å². The fourth-order valence-corrected chi connectivity index (χ4v) is 5.51.